The van der Waals surface area contributed by atoms with Gasteiger partial charge in [-0.2, -0.15) is 13.2 Å². The van der Waals surface area contributed by atoms with Crippen LogP contribution in [0.4, 0.5) is 18.9 Å². The van der Waals surface area contributed by atoms with Gasteiger partial charge in [0.05, 0.1) is 35.5 Å². The molecule has 1 aliphatic heterocycles. The number of benzene rings is 1. The molecule has 5 amide bonds. The van der Waals surface area contributed by atoms with E-state index in [1.54, 1.807) is 29.2 Å². The van der Waals surface area contributed by atoms with Crippen LogP contribution in [0.25, 0.3) is 0 Å². The summed E-state index contributed by atoms with van der Waals surface area (Å²) >= 11 is 0. The van der Waals surface area contributed by atoms with Gasteiger partial charge in [0.25, 0.3) is 15.9 Å². The van der Waals surface area contributed by atoms with Crippen LogP contribution in [0.3, 0.4) is 0 Å². The SMILES string of the molecule is CC[C@H](C)[C@@H]([C@@H](CC(=O)N1CCC[C@H]1/C=C(\C)C(=O)NS(=O)(=O)c1ccc(NC(=O)C(F)(F)F)cc1)OC)N(C)C(=O)[C@@H](NC(=O)[C@@H](NC)C(C)C)C(C)C. The maximum absolute atomic E-state index is 14.0. The van der Waals surface area contributed by atoms with Crippen molar-refractivity contribution in [2.75, 3.05) is 33.1 Å². The molecule has 0 bridgehead atoms. The Bertz CT molecular complexity index is 1650. The van der Waals surface area contributed by atoms with Crippen molar-refractivity contribution >= 4 is 45.2 Å². The first-order valence-electron chi connectivity index (χ1n) is 18.3. The predicted molar refractivity (Wildman–Crippen MR) is 201 cm³/mol. The molecule has 1 fully saturated rings. The number of hydrogen-bond donors (Lipinski definition) is 4. The minimum Gasteiger partial charge on any atom is -0.379 e. The van der Waals surface area contributed by atoms with Gasteiger partial charge in [0, 0.05) is 32.0 Å². The van der Waals surface area contributed by atoms with E-state index in [1.165, 1.54) is 20.1 Å². The zero-order valence-corrected chi connectivity index (χ0v) is 34.1. The molecule has 1 heterocycles. The number of nitrogens with one attached hydrogen (secondary N) is 4. The molecule has 1 aromatic rings. The van der Waals surface area contributed by atoms with E-state index in [2.05, 4.69) is 10.6 Å². The Hall–Kier alpha value is -4.03. The number of likely N-dealkylation sites (N-methyl/N-ethyl adjacent to an activating group) is 2. The highest BCUT2D eigenvalue weighted by molar-refractivity contribution is 7.90. The molecule has 4 N–H and O–H groups in total. The average Bonchev–Trinajstić information content (AvgIpc) is 3.57. The van der Waals surface area contributed by atoms with E-state index in [0.29, 0.717) is 25.8 Å². The van der Waals surface area contributed by atoms with Crippen LogP contribution in [0.2, 0.25) is 0 Å². The number of hydrogen-bond acceptors (Lipinski definition) is 9. The molecule has 18 heteroatoms. The van der Waals surface area contributed by atoms with Crippen LogP contribution in [0.1, 0.15) is 74.1 Å². The molecule has 55 heavy (non-hydrogen) atoms. The highest BCUT2D eigenvalue weighted by Gasteiger charge is 2.40. The van der Waals surface area contributed by atoms with E-state index >= 15 is 0 Å². The molecule has 1 aromatic carbocycles. The summed E-state index contributed by atoms with van der Waals surface area (Å²) in [6.07, 6.45) is -2.69. The molecule has 1 aliphatic rings. The van der Waals surface area contributed by atoms with Crippen molar-refractivity contribution in [2.45, 2.75) is 115 Å². The van der Waals surface area contributed by atoms with Crippen molar-refractivity contribution in [2.24, 2.45) is 17.8 Å². The molecule has 2 rings (SSSR count). The summed E-state index contributed by atoms with van der Waals surface area (Å²) in [5, 5.41) is 7.53. The van der Waals surface area contributed by atoms with E-state index in [4.69, 9.17) is 4.74 Å². The van der Waals surface area contributed by atoms with E-state index in [0.717, 1.165) is 24.3 Å². The van der Waals surface area contributed by atoms with E-state index in [-0.39, 0.29) is 53.2 Å². The number of anilines is 1. The summed E-state index contributed by atoms with van der Waals surface area (Å²) in [6.45, 7) is 13.2. The van der Waals surface area contributed by atoms with Gasteiger partial charge in [-0.05, 0) is 68.8 Å². The van der Waals surface area contributed by atoms with Gasteiger partial charge < -0.3 is 30.5 Å². The summed E-state index contributed by atoms with van der Waals surface area (Å²) in [5.74, 6) is -4.45. The number of amides is 5. The number of sulfonamides is 1. The molecule has 14 nitrogen and oxygen atoms in total. The second-order valence-electron chi connectivity index (χ2n) is 14.6. The lowest BCUT2D eigenvalue weighted by Crippen LogP contribution is -2.59. The molecular weight excluding hydrogens is 746 g/mol. The van der Waals surface area contributed by atoms with Gasteiger partial charge in [-0.3, -0.25) is 24.0 Å². The number of nitrogens with zero attached hydrogens (tertiary/aromatic N) is 2. The average molecular weight is 803 g/mol. The molecule has 1 saturated heterocycles. The van der Waals surface area contributed by atoms with E-state index in [1.807, 2.05) is 46.3 Å². The lowest BCUT2D eigenvalue weighted by atomic mass is 9.89. The van der Waals surface area contributed by atoms with Gasteiger partial charge in [0.2, 0.25) is 17.7 Å². The molecular formula is C37H57F3N6O8S. The molecule has 310 valence electrons. The van der Waals surface area contributed by atoms with Gasteiger partial charge in [-0.15, -0.1) is 0 Å². The van der Waals surface area contributed by atoms with Crippen molar-refractivity contribution in [3.05, 3.63) is 35.9 Å². The molecule has 6 atom stereocenters. The minimum absolute atomic E-state index is 0.00759. The number of likely N-dealkylation sites (tertiary alicyclic amines) is 1. The first kappa shape index (κ1) is 47.1. The fourth-order valence-electron chi connectivity index (χ4n) is 6.58. The van der Waals surface area contributed by atoms with Crippen LogP contribution in [0.15, 0.2) is 40.8 Å². The lowest BCUT2D eigenvalue weighted by Gasteiger charge is -2.40. The standard InChI is InChI=1S/C37H57F3N6O8S/c1-11-23(6)32(45(9)35(50)31(22(4)5)43-34(49)30(41-8)21(2)3)28(54-10)20-29(47)46-18-12-13-26(46)19-24(7)33(48)44-55(52,53)27-16-14-25(15-17-27)42-36(51)37(38,39)40/h14-17,19,21-23,26,28,30-32,41H,11-13,18,20H2,1-10H3,(H,42,51)(H,43,49)(H,44,48)/b24-19+/t23-,26-,28+,30-,31-,32-/m0/s1. The Balaban J connectivity index is 2.22. The first-order valence-corrected chi connectivity index (χ1v) is 19.8. The quantitative estimate of drug-likeness (QED) is 0.161. The van der Waals surface area contributed by atoms with Gasteiger partial charge in [0.15, 0.2) is 0 Å². The number of ether oxygens (including phenoxy) is 1. The Morgan fingerprint density at radius 3 is 2.09 bits per heavy atom. The zero-order chi connectivity index (χ0) is 42.0. The highest BCUT2D eigenvalue weighted by atomic mass is 32.2. The monoisotopic (exact) mass is 802 g/mol. The normalized spacial score (nSPS) is 18.0. The lowest BCUT2D eigenvalue weighted by molar-refractivity contribution is -0.167. The molecule has 0 aliphatic carbocycles. The van der Waals surface area contributed by atoms with Crippen LogP contribution >= 0.6 is 0 Å². The smallest absolute Gasteiger partial charge is 0.379 e. The maximum atomic E-state index is 14.0. The summed E-state index contributed by atoms with van der Waals surface area (Å²) < 4.78 is 71.2. The van der Waals surface area contributed by atoms with Crippen molar-refractivity contribution in [1.29, 1.82) is 0 Å². The van der Waals surface area contributed by atoms with Crippen molar-refractivity contribution in [3.8, 4) is 0 Å². The summed E-state index contributed by atoms with van der Waals surface area (Å²) in [7, 11) is 0.345. The largest absolute Gasteiger partial charge is 0.471 e. The van der Waals surface area contributed by atoms with E-state index < -0.39 is 63.2 Å². The van der Waals surface area contributed by atoms with E-state index in [9.17, 15) is 45.6 Å². The Morgan fingerprint density at radius 2 is 1.60 bits per heavy atom. The third-order valence-electron chi connectivity index (χ3n) is 9.90. The minimum atomic E-state index is -5.14. The fraction of sp³-hybridized carbons (Fsp3) is 0.649. The van der Waals surface area contributed by atoms with Crippen LogP contribution in [-0.4, -0.2) is 112 Å². The van der Waals surface area contributed by atoms with Gasteiger partial charge in [-0.25, -0.2) is 13.1 Å². The van der Waals surface area contributed by atoms with Crippen LogP contribution < -0.4 is 20.7 Å². The van der Waals surface area contributed by atoms with Gasteiger partial charge >= 0.3 is 12.1 Å². The predicted octanol–water partition coefficient (Wildman–Crippen LogP) is 3.59. The number of alkyl halides is 3. The van der Waals surface area contributed by atoms with Gasteiger partial charge in [0.1, 0.15) is 6.04 Å². The third kappa shape index (κ3) is 12.7. The molecule has 0 spiro atoms. The highest BCUT2D eigenvalue weighted by Crippen LogP contribution is 2.27. The first-order chi connectivity index (χ1) is 25.5. The third-order valence-corrected chi connectivity index (χ3v) is 11.2. The van der Waals surface area contributed by atoms with Crippen LogP contribution in [-0.2, 0) is 38.7 Å². The summed E-state index contributed by atoms with van der Waals surface area (Å²) in [5.41, 5.74) is -0.291. The number of methoxy groups -OCH3 is 1. The molecule has 0 saturated carbocycles. The fourth-order valence-corrected chi connectivity index (χ4v) is 7.60. The number of carbonyl (C=O) groups is 5. The number of halogens is 3. The number of rotatable bonds is 18. The Labute approximate surface area is 322 Å². The number of carbonyl (C=O) groups excluding carboxylic acids is 5. The van der Waals surface area contributed by atoms with Crippen molar-refractivity contribution in [1.82, 2.24) is 25.2 Å². The Kier molecular flexibility index (Phi) is 17.3. The maximum Gasteiger partial charge on any atom is 0.471 e. The molecule has 0 aromatic heterocycles. The summed E-state index contributed by atoms with van der Waals surface area (Å²) in [6, 6.07) is 1.37. The van der Waals surface area contributed by atoms with Crippen LogP contribution in [0, 0.1) is 17.8 Å². The topological polar surface area (TPSA) is 183 Å². The molecule has 0 radical (unpaired) electrons. The Morgan fingerprint density at radius 1 is 1.02 bits per heavy atom. The van der Waals surface area contributed by atoms with Gasteiger partial charge in [-0.1, -0.05) is 54.0 Å². The second-order valence-corrected chi connectivity index (χ2v) is 16.3. The second kappa shape index (κ2) is 20.2. The zero-order valence-electron chi connectivity index (χ0n) is 33.2. The summed E-state index contributed by atoms with van der Waals surface area (Å²) in [4.78, 5) is 67.9. The van der Waals surface area contributed by atoms with Crippen LogP contribution in [0.5, 0.6) is 0 Å². The van der Waals surface area contributed by atoms with Crippen molar-refractivity contribution < 1.29 is 50.3 Å². The van der Waals surface area contributed by atoms with Crippen molar-refractivity contribution in [3.63, 3.8) is 0 Å². The molecule has 0 unspecified atom stereocenters.